The molecule has 0 spiro atoms. The van der Waals surface area contributed by atoms with Crippen molar-refractivity contribution in [2.45, 2.75) is 23.3 Å². The van der Waals surface area contributed by atoms with Gasteiger partial charge in [-0.05, 0) is 55.5 Å². The van der Waals surface area contributed by atoms with Crippen LogP contribution in [0.1, 0.15) is 12.7 Å². The van der Waals surface area contributed by atoms with E-state index in [1.54, 1.807) is 36.0 Å². The summed E-state index contributed by atoms with van der Waals surface area (Å²) in [6.45, 7) is 2.41. The molecule has 7 nitrogen and oxygen atoms in total. The Kier molecular flexibility index (Phi) is 8.78. The zero-order valence-corrected chi connectivity index (χ0v) is 19.4. The number of amides is 1. The molecule has 0 fully saturated rings. The average molecular weight is 475 g/mol. The van der Waals surface area contributed by atoms with E-state index in [9.17, 15) is 13.2 Å². The molecular formula is C23H26N2O5S2. The first-order valence-corrected chi connectivity index (χ1v) is 12.6. The smallest absolute Gasteiger partial charge is 0.243 e. The van der Waals surface area contributed by atoms with Crippen LogP contribution >= 0.6 is 11.8 Å². The van der Waals surface area contributed by atoms with E-state index < -0.39 is 10.0 Å². The van der Waals surface area contributed by atoms with Gasteiger partial charge in [-0.15, -0.1) is 11.8 Å². The van der Waals surface area contributed by atoms with E-state index in [1.165, 1.54) is 18.4 Å². The van der Waals surface area contributed by atoms with Crippen molar-refractivity contribution in [1.29, 1.82) is 0 Å². The van der Waals surface area contributed by atoms with Crippen LogP contribution in [0.4, 0.5) is 0 Å². The molecule has 2 aromatic carbocycles. The Labute approximate surface area is 192 Å². The molecule has 0 aliphatic rings. The van der Waals surface area contributed by atoms with Crippen LogP contribution in [-0.2, 0) is 21.4 Å². The quantitative estimate of drug-likeness (QED) is 0.317. The Bertz CT molecular complexity index is 1070. The maximum atomic E-state index is 13.2. The molecule has 32 heavy (non-hydrogen) atoms. The maximum absolute atomic E-state index is 13.2. The van der Waals surface area contributed by atoms with E-state index in [-0.39, 0.29) is 23.9 Å². The third-order valence-electron chi connectivity index (χ3n) is 4.44. The molecule has 1 amide bonds. The van der Waals surface area contributed by atoms with Crippen molar-refractivity contribution in [1.82, 2.24) is 9.62 Å². The monoisotopic (exact) mass is 474 g/mol. The first kappa shape index (κ1) is 23.9. The number of rotatable bonds is 12. The molecule has 170 valence electrons. The molecule has 0 unspecified atom stereocenters. The van der Waals surface area contributed by atoms with E-state index >= 15 is 0 Å². The van der Waals surface area contributed by atoms with Crippen LogP contribution in [0.5, 0.6) is 5.75 Å². The van der Waals surface area contributed by atoms with E-state index in [1.807, 2.05) is 37.3 Å². The molecule has 0 saturated carbocycles. The molecule has 0 aliphatic heterocycles. The van der Waals surface area contributed by atoms with Gasteiger partial charge in [-0.2, -0.15) is 4.31 Å². The number of carbonyl (C=O) groups is 1. The molecule has 0 radical (unpaired) electrons. The van der Waals surface area contributed by atoms with Crippen LogP contribution in [0.15, 0.2) is 87.2 Å². The van der Waals surface area contributed by atoms with Crippen LogP contribution in [0.25, 0.3) is 0 Å². The number of nitrogens with one attached hydrogen (secondary N) is 1. The number of nitrogens with zero attached hydrogens (tertiary/aromatic N) is 1. The SMILES string of the molecule is CCOc1ccc(S(=O)(=O)N(CC(=O)NCCSc2ccccc2)Cc2ccco2)cc1. The molecule has 1 heterocycles. The van der Waals surface area contributed by atoms with Crippen LogP contribution < -0.4 is 10.1 Å². The van der Waals surface area contributed by atoms with E-state index in [0.717, 1.165) is 9.20 Å². The fraction of sp³-hybridized carbons (Fsp3) is 0.261. The second kappa shape index (κ2) is 11.8. The molecule has 0 atom stereocenters. The van der Waals surface area contributed by atoms with Gasteiger partial charge < -0.3 is 14.5 Å². The third kappa shape index (κ3) is 6.88. The molecular weight excluding hydrogens is 448 g/mol. The van der Waals surface area contributed by atoms with Gasteiger partial charge in [-0.3, -0.25) is 4.79 Å². The molecule has 3 aromatic rings. The van der Waals surface area contributed by atoms with Crippen LogP contribution in [0.3, 0.4) is 0 Å². The van der Waals surface area contributed by atoms with Crippen LogP contribution in [0.2, 0.25) is 0 Å². The van der Waals surface area contributed by atoms with Crippen LogP contribution in [-0.4, -0.2) is 44.1 Å². The number of hydrogen-bond donors (Lipinski definition) is 1. The second-order valence-electron chi connectivity index (χ2n) is 6.77. The normalized spacial score (nSPS) is 11.4. The third-order valence-corrected chi connectivity index (χ3v) is 7.26. The number of sulfonamides is 1. The van der Waals surface area contributed by atoms with Crippen molar-refractivity contribution in [3.8, 4) is 5.75 Å². The van der Waals surface area contributed by atoms with Gasteiger partial charge in [0.25, 0.3) is 0 Å². The summed E-state index contributed by atoms with van der Waals surface area (Å²) in [4.78, 5) is 13.7. The average Bonchev–Trinajstić information content (AvgIpc) is 3.31. The highest BCUT2D eigenvalue weighted by molar-refractivity contribution is 7.99. The van der Waals surface area contributed by atoms with Gasteiger partial charge in [-0.25, -0.2) is 8.42 Å². The number of hydrogen-bond acceptors (Lipinski definition) is 6. The van der Waals surface area contributed by atoms with Crippen molar-refractivity contribution in [2.75, 3.05) is 25.4 Å². The van der Waals surface area contributed by atoms with Crippen molar-refractivity contribution in [2.24, 2.45) is 0 Å². The first-order valence-electron chi connectivity index (χ1n) is 10.2. The Hall–Kier alpha value is -2.75. The van der Waals surface area contributed by atoms with E-state index in [4.69, 9.17) is 9.15 Å². The van der Waals surface area contributed by atoms with Crippen molar-refractivity contribution < 1.29 is 22.4 Å². The van der Waals surface area contributed by atoms with Gasteiger partial charge >= 0.3 is 0 Å². The lowest BCUT2D eigenvalue weighted by atomic mass is 10.3. The Morgan fingerprint density at radius 2 is 1.81 bits per heavy atom. The molecule has 0 saturated heterocycles. The minimum atomic E-state index is -3.93. The largest absolute Gasteiger partial charge is 0.494 e. The summed E-state index contributed by atoms with van der Waals surface area (Å²) in [5, 5.41) is 2.80. The molecule has 1 N–H and O–H groups in total. The summed E-state index contributed by atoms with van der Waals surface area (Å²) in [5.74, 6) is 1.34. The lowest BCUT2D eigenvalue weighted by Gasteiger charge is -2.21. The zero-order chi connectivity index (χ0) is 22.8. The zero-order valence-electron chi connectivity index (χ0n) is 17.8. The molecule has 0 aliphatic carbocycles. The molecule has 1 aromatic heterocycles. The van der Waals surface area contributed by atoms with Gasteiger partial charge in [0.15, 0.2) is 0 Å². The van der Waals surface area contributed by atoms with Gasteiger partial charge in [0.1, 0.15) is 11.5 Å². The summed E-state index contributed by atoms with van der Waals surface area (Å²) in [6, 6.07) is 19.4. The van der Waals surface area contributed by atoms with E-state index in [2.05, 4.69) is 5.32 Å². The minimum Gasteiger partial charge on any atom is -0.494 e. The van der Waals surface area contributed by atoms with Gasteiger partial charge in [-0.1, -0.05) is 18.2 Å². The molecule has 3 rings (SSSR count). The highest BCUT2D eigenvalue weighted by Crippen LogP contribution is 2.22. The lowest BCUT2D eigenvalue weighted by molar-refractivity contribution is -0.121. The van der Waals surface area contributed by atoms with E-state index in [0.29, 0.717) is 30.4 Å². The number of carbonyl (C=O) groups excluding carboxylic acids is 1. The summed E-state index contributed by atoms with van der Waals surface area (Å²) >= 11 is 1.62. The molecule has 9 heteroatoms. The number of benzene rings is 2. The predicted octanol–water partition coefficient (Wildman–Crippen LogP) is 3.78. The van der Waals surface area contributed by atoms with Crippen molar-refractivity contribution >= 4 is 27.7 Å². The summed E-state index contributed by atoms with van der Waals surface area (Å²) in [6.07, 6.45) is 1.47. The second-order valence-corrected chi connectivity index (χ2v) is 9.87. The number of ether oxygens (including phenoxy) is 1. The Morgan fingerprint density at radius 3 is 2.47 bits per heavy atom. The standard InChI is InChI=1S/C23H26N2O5S2/c1-2-29-19-10-12-22(13-11-19)32(27,28)25(17-20-7-6-15-30-20)18-23(26)24-14-16-31-21-8-4-3-5-9-21/h3-13,15H,2,14,16-18H2,1H3,(H,24,26). The van der Waals surface area contributed by atoms with Crippen LogP contribution in [0, 0.1) is 0 Å². The van der Waals surface area contributed by atoms with Gasteiger partial charge in [0, 0.05) is 17.2 Å². The van der Waals surface area contributed by atoms with Crippen molar-refractivity contribution in [3.63, 3.8) is 0 Å². The predicted molar refractivity (Wildman–Crippen MR) is 124 cm³/mol. The Morgan fingerprint density at radius 1 is 1.06 bits per heavy atom. The number of thioether (sulfide) groups is 1. The topological polar surface area (TPSA) is 88.9 Å². The van der Waals surface area contributed by atoms with Crippen molar-refractivity contribution in [3.05, 3.63) is 78.8 Å². The summed E-state index contributed by atoms with van der Waals surface area (Å²) in [5.41, 5.74) is 0. The minimum absolute atomic E-state index is 0.0469. The van der Waals surface area contributed by atoms with Gasteiger partial charge in [0.2, 0.25) is 15.9 Å². The lowest BCUT2D eigenvalue weighted by Crippen LogP contribution is -2.40. The molecule has 0 bridgehead atoms. The van der Waals surface area contributed by atoms with Gasteiger partial charge in [0.05, 0.1) is 30.9 Å². The first-order chi connectivity index (χ1) is 15.5. The summed E-state index contributed by atoms with van der Waals surface area (Å²) < 4.78 is 38.3. The number of furan rings is 1. The fourth-order valence-electron chi connectivity index (χ4n) is 2.92. The summed E-state index contributed by atoms with van der Waals surface area (Å²) in [7, 11) is -3.93. The fourth-order valence-corrected chi connectivity index (χ4v) is 5.07. The maximum Gasteiger partial charge on any atom is 0.243 e. The highest BCUT2D eigenvalue weighted by atomic mass is 32.2. The Balaban J connectivity index is 1.64. The highest BCUT2D eigenvalue weighted by Gasteiger charge is 2.27.